The number of aromatic nitrogens is 2. The number of fused-ring (bicyclic) bond motifs is 1. The molecule has 0 aliphatic carbocycles. The first kappa shape index (κ1) is 18.9. The number of hydrogen-bond donors (Lipinski definition) is 3. The van der Waals surface area contributed by atoms with Crippen LogP contribution in [-0.2, 0) is 18.9 Å². The van der Waals surface area contributed by atoms with Crippen LogP contribution in [-0.4, -0.2) is 39.4 Å². The minimum Gasteiger partial charge on any atom is -0.480 e. The fourth-order valence-corrected chi connectivity index (χ4v) is 3.81. The zero-order valence-corrected chi connectivity index (χ0v) is 16.2. The number of aliphatic carboxylic acids is 1. The van der Waals surface area contributed by atoms with Crippen LogP contribution in [0.5, 0.6) is 0 Å². The van der Waals surface area contributed by atoms with Crippen molar-refractivity contribution in [3.05, 3.63) is 42.5 Å². The van der Waals surface area contributed by atoms with Gasteiger partial charge in [-0.1, -0.05) is 5.11 Å². The van der Waals surface area contributed by atoms with Gasteiger partial charge in [-0.25, -0.2) is 13.9 Å². The van der Waals surface area contributed by atoms with Crippen LogP contribution >= 0.6 is 0 Å². The Morgan fingerprint density at radius 2 is 1.93 bits per heavy atom. The molecule has 0 amide bonds. The summed E-state index contributed by atoms with van der Waals surface area (Å²) in [7, 11) is 3.82. The average Bonchev–Trinajstić information content (AvgIpc) is 3.19. The third-order valence-electron chi connectivity index (χ3n) is 5.32. The van der Waals surface area contributed by atoms with Crippen molar-refractivity contribution in [2.45, 2.75) is 18.6 Å². The van der Waals surface area contributed by atoms with E-state index in [0.717, 1.165) is 16.7 Å². The van der Waals surface area contributed by atoms with E-state index in [1.54, 1.807) is 29.2 Å². The largest absolute Gasteiger partial charge is 0.480 e. The molecule has 2 heterocycles. The quantitative estimate of drug-likeness (QED) is 0.355. The number of rotatable bonds is 4. The van der Waals surface area contributed by atoms with Gasteiger partial charge in [-0.05, 0) is 36.4 Å². The standard InChI is InChI=1S/C20H22N6O3/c1-24-16-8-3-12(21)9-17(16)25(2)20(24)23-22-13-4-6-14(7-5-13)26-11-15(27)10-18(26)19(28)29/h3-9,15,18,27H,10-11H2,1-2H3,(H2-,21,22,28,29)/p+1. The molecule has 1 aromatic heterocycles. The van der Waals surface area contributed by atoms with Crippen LogP contribution in [0.15, 0.2) is 52.7 Å². The monoisotopic (exact) mass is 395 g/mol. The number of carboxylic acid groups (broad SMARTS) is 1. The summed E-state index contributed by atoms with van der Waals surface area (Å²) in [6, 6.07) is 12.1. The summed E-state index contributed by atoms with van der Waals surface area (Å²) >= 11 is 0. The highest BCUT2D eigenvalue weighted by atomic mass is 16.4. The number of aliphatic hydroxyl groups excluding tert-OH is 1. The number of β-amino-alcohol motifs (C(OH)–C–C–N with tert-alkyl or cyclic N) is 1. The second-order valence-corrected chi connectivity index (χ2v) is 7.28. The summed E-state index contributed by atoms with van der Waals surface area (Å²) < 4.78 is 3.86. The van der Waals surface area contributed by atoms with Crippen LogP contribution in [0.4, 0.5) is 23.0 Å². The maximum absolute atomic E-state index is 11.4. The Balaban J connectivity index is 1.59. The number of hydrogen-bond acceptors (Lipinski definition) is 6. The number of aryl methyl sites for hydroxylation is 2. The van der Waals surface area contributed by atoms with Gasteiger partial charge in [-0.3, -0.25) is 0 Å². The highest BCUT2D eigenvalue weighted by Crippen LogP contribution is 2.28. The van der Waals surface area contributed by atoms with Gasteiger partial charge in [0.05, 0.1) is 20.2 Å². The van der Waals surface area contributed by atoms with Gasteiger partial charge in [0, 0.05) is 35.5 Å². The van der Waals surface area contributed by atoms with Gasteiger partial charge < -0.3 is 20.8 Å². The molecule has 0 radical (unpaired) electrons. The minimum atomic E-state index is -0.936. The van der Waals surface area contributed by atoms with Crippen LogP contribution in [0.1, 0.15) is 6.42 Å². The molecular weight excluding hydrogens is 372 g/mol. The van der Waals surface area contributed by atoms with Crippen LogP contribution in [0.2, 0.25) is 0 Å². The molecule has 29 heavy (non-hydrogen) atoms. The number of benzene rings is 2. The van der Waals surface area contributed by atoms with Crippen molar-refractivity contribution >= 4 is 40.0 Å². The summed E-state index contributed by atoms with van der Waals surface area (Å²) in [6.45, 7) is 0.298. The molecule has 0 spiro atoms. The van der Waals surface area contributed by atoms with Gasteiger partial charge in [0.25, 0.3) is 0 Å². The van der Waals surface area contributed by atoms with E-state index in [2.05, 4.69) is 10.2 Å². The number of nitrogens with zero attached hydrogens (tertiary/aromatic N) is 5. The minimum absolute atomic E-state index is 0.221. The van der Waals surface area contributed by atoms with Crippen LogP contribution < -0.4 is 15.2 Å². The molecule has 2 aromatic carbocycles. The lowest BCUT2D eigenvalue weighted by molar-refractivity contribution is -0.632. The molecular formula is C20H23N6O3+. The number of aliphatic hydroxyl groups is 1. The van der Waals surface area contributed by atoms with E-state index in [1.807, 2.05) is 41.4 Å². The maximum atomic E-state index is 11.4. The predicted molar refractivity (Wildman–Crippen MR) is 109 cm³/mol. The topological polar surface area (TPSA) is 120 Å². The van der Waals surface area contributed by atoms with E-state index >= 15 is 0 Å². The molecule has 1 aliphatic rings. The molecule has 0 saturated carbocycles. The fourth-order valence-electron chi connectivity index (χ4n) is 3.81. The zero-order chi connectivity index (χ0) is 20.7. The molecule has 9 heteroatoms. The number of anilines is 2. The molecule has 9 nitrogen and oxygen atoms in total. The lowest BCUT2D eigenvalue weighted by Gasteiger charge is -2.23. The summed E-state index contributed by atoms with van der Waals surface area (Å²) in [4.78, 5) is 13.1. The average molecular weight is 395 g/mol. The molecule has 0 bridgehead atoms. The number of imidazole rings is 1. The molecule has 2 atom stereocenters. The number of nitrogens with two attached hydrogens (primary N) is 1. The van der Waals surface area contributed by atoms with Crippen LogP contribution in [0.25, 0.3) is 11.0 Å². The smallest absolute Gasteiger partial charge is 0.422 e. The molecule has 2 unspecified atom stereocenters. The summed E-state index contributed by atoms with van der Waals surface area (Å²) in [5.74, 6) is -0.266. The summed E-state index contributed by atoms with van der Waals surface area (Å²) in [5, 5.41) is 27.9. The predicted octanol–water partition coefficient (Wildman–Crippen LogP) is 2.02. The van der Waals surface area contributed by atoms with Crippen molar-refractivity contribution in [3.63, 3.8) is 0 Å². The van der Waals surface area contributed by atoms with Crippen molar-refractivity contribution in [2.24, 2.45) is 24.3 Å². The zero-order valence-electron chi connectivity index (χ0n) is 16.2. The van der Waals surface area contributed by atoms with Gasteiger partial charge in [0.1, 0.15) is 22.8 Å². The summed E-state index contributed by atoms with van der Waals surface area (Å²) in [6.07, 6.45) is -0.422. The Kier molecular flexibility index (Phi) is 4.67. The first-order chi connectivity index (χ1) is 13.8. The third-order valence-corrected chi connectivity index (χ3v) is 5.32. The van der Waals surface area contributed by atoms with Crippen molar-refractivity contribution in [1.82, 2.24) is 4.57 Å². The van der Waals surface area contributed by atoms with Gasteiger partial charge in [0.2, 0.25) is 0 Å². The molecule has 4 rings (SSSR count). The first-order valence-corrected chi connectivity index (χ1v) is 9.28. The fraction of sp³-hybridized carbons (Fsp3) is 0.300. The van der Waals surface area contributed by atoms with Gasteiger partial charge in [-0.15, -0.1) is 0 Å². The Labute approximate surface area is 167 Å². The van der Waals surface area contributed by atoms with E-state index in [0.29, 0.717) is 23.9 Å². The van der Waals surface area contributed by atoms with Crippen LogP contribution in [0.3, 0.4) is 0 Å². The van der Waals surface area contributed by atoms with Crippen molar-refractivity contribution in [1.29, 1.82) is 0 Å². The van der Waals surface area contributed by atoms with Gasteiger partial charge in [-0.2, -0.15) is 0 Å². The van der Waals surface area contributed by atoms with Gasteiger partial charge in [0.15, 0.2) is 0 Å². The number of carbonyl (C=O) groups is 1. The molecule has 1 fully saturated rings. The highest BCUT2D eigenvalue weighted by Gasteiger charge is 2.36. The molecule has 1 aliphatic heterocycles. The second kappa shape index (κ2) is 7.17. The number of azo groups is 1. The Hall–Kier alpha value is -3.46. The van der Waals surface area contributed by atoms with E-state index < -0.39 is 18.1 Å². The van der Waals surface area contributed by atoms with E-state index in [-0.39, 0.29) is 6.42 Å². The third kappa shape index (κ3) is 3.40. The van der Waals surface area contributed by atoms with E-state index in [4.69, 9.17) is 5.73 Å². The normalized spacial score (nSPS) is 19.5. The van der Waals surface area contributed by atoms with Crippen LogP contribution in [0, 0.1) is 0 Å². The lowest BCUT2D eigenvalue weighted by Crippen LogP contribution is -2.35. The molecule has 4 N–H and O–H groups in total. The van der Waals surface area contributed by atoms with Crippen molar-refractivity contribution in [2.75, 3.05) is 17.2 Å². The Morgan fingerprint density at radius 1 is 1.21 bits per heavy atom. The first-order valence-electron chi connectivity index (χ1n) is 9.28. The Bertz CT molecular complexity index is 1110. The lowest BCUT2D eigenvalue weighted by atomic mass is 10.2. The summed E-state index contributed by atoms with van der Waals surface area (Å²) in [5.41, 5.74) is 9.91. The molecule has 3 aromatic rings. The van der Waals surface area contributed by atoms with E-state index in [9.17, 15) is 15.0 Å². The maximum Gasteiger partial charge on any atom is 0.422 e. The Morgan fingerprint density at radius 3 is 2.62 bits per heavy atom. The number of carboxylic acids is 1. The van der Waals surface area contributed by atoms with Crippen molar-refractivity contribution < 1.29 is 19.6 Å². The van der Waals surface area contributed by atoms with E-state index in [1.165, 1.54) is 0 Å². The molecule has 1 saturated heterocycles. The van der Waals surface area contributed by atoms with Gasteiger partial charge >= 0.3 is 11.9 Å². The van der Waals surface area contributed by atoms with Crippen molar-refractivity contribution in [3.8, 4) is 0 Å². The SMILES string of the molecule is Cn1c(/N=N/c2ccc(N3CC(O)CC3C(=O)O)cc2)[n+](C)c2ccc(N)cc21. The second-order valence-electron chi connectivity index (χ2n) is 7.28. The highest BCUT2D eigenvalue weighted by molar-refractivity contribution is 5.79. The number of nitrogen functional groups attached to an aromatic ring is 1. The molecule has 150 valence electrons.